The maximum Gasteiger partial charge on any atom is 0.241 e. The molecular formula is C14H23BrN2O2S. The van der Waals surface area contributed by atoms with Gasteiger partial charge >= 0.3 is 0 Å². The van der Waals surface area contributed by atoms with Crippen LogP contribution in [0.4, 0.5) is 0 Å². The number of hydrogen-bond donors (Lipinski definition) is 2. The zero-order valence-corrected chi connectivity index (χ0v) is 15.0. The van der Waals surface area contributed by atoms with E-state index in [1.165, 1.54) is 0 Å². The molecule has 6 heteroatoms. The van der Waals surface area contributed by atoms with E-state index in [-0.39, 0.29) is 12.0 Å². The lowest BCUT2D eigenvalue weighted by Gasteiger charge is -2.19. The van der Waals surface area contributed by atoms with Crippen molar-refractivity contribution < 1.29 is 8.42 Å². The molecule has 0 amide bonds. The van der Waals surface area contributed by atoms with Crippen LogP contribution in [-0.4, -0.2) is 21.5 Å². The number of sulfonamides is 1. The molecule has 1 aromatic carbocycles. The van der Waals surface area contributed by atoms with Crippen molar-refractivity contribution in [1.82, 2.24) is 10.0 Å². The van der Waals surface area contributed by atoms with Gasteiger partial charge in [0.05, 0.1) is 4.90 Å². The van der Waals surface area contributed by atoms with Gasteiger partial charge < -0.3 is 5.32 Å². The van der Waals surface area contributed by atoms with Crippen LogP contribution >= 0.6 is 15.9 Å². The summed E-state index contributed by atoms with van der Waals surface area (Å²) in [5.41, 5.74) is 1.86. The van der Waals surface area contributed by atoms with Gasteiger partial charge in [-0.1, -0.05) is 19.9 Å². The van der Waals surface area contributed by atoms with Gasteiger partial charge in [0.25, 0.3) is 0 Å². The fourth-order valence-corrected chi connectivity index (χ4v) is 4.22. The molecule has 0 aliphatic heterocycles. The molecule has 1 unspecified atom stereocenters. The summed E-state index contributed by atoms with van der Waals surface area (Å²) in [5, 5.41) is 3.04. The molecule has 0 radical (unpaired) electrons. The Hall–Kier alpha value is -0.430. The van der Waals surface area contributed by atoms with Gasteiger partial charge in [0.2, 0.25) is 10.0 Å². The van der Waals surface area contributed by atoms with Crippen LogP contribution in [-0.2, 0) is 16.6 Å². The molecule has 0 fully saturated rings. The predicted molar refractivity (Wildman–Crippen MR) is 86.3 cm³/mol. The molecule has 0 aromatic heterocycles. The minimum absolute atomic E-state index is 0.111. The lowest BCUT2D eigenvalue weighted by molar-refractivity contribution is 0.476. The van der Waals surface area contributed by atoms with Crippen molar-refractivity contribution in [3.63, 3.8) is 0 Å². The summed E-state index contributed by atoms with van der Waals surface area (Å²) < 4.78 is 28.4. The first-order valence-electron chi connectivity index (χ1n) is 6.65. The van der Waals surface area contributed by atoms with E-state index >= 15 is 0 Å². The maximum absolute atomic E-state index is 12.5. The topological polar surface area (TPSA) is 58.2 Å². The van der Waals surface area contributed by atoms with Gasteiger partial charge in [-0.3, -0.25) is 0 Å². The third kappa shape index (κ3) is 4.28. The Morgan fingerprint density at radius 1 is 1.25 bits per heavy atom. The molecule has 1 atom stereocenters. The second-order valence-corrected chi connectivity index (χ2v) is 7.88. The van der Waals surface area contributed by atoms with E-state index in [1.54, 1.807) is 6.07 Å². The summed E-state index contributed by atoms with van der Waals surface area (Å²) in [6, 6.07) is 3.58. The van der Waals surface area contributed by atoms with Gasteiger partial charge in [-0.25, -0.2) is 13.1 Å². The predicted octanol–water partition coefficient (Wildman–Crippen LogP) is 2.80. The highest BCUT2D eigenvalue weighted by molar-refractivity contribution is 9.10. The first kappa shape index (κ1) is 17.6. The lowest BCUT2D eigenvalue weighted by Crippen LogP contribution is -2.36. The summed E-state index contributed by atoms with van der Waals surface area (Å²) in [5.74, 6) is 0.241. The first-order chi connectivity index (χ1) is 9.19. The Labute approximate surface area is 130 Å². The average molecular weight is 363 g/mol. The molecular weight excluding hydrogens is 340 g/mol. The average Bonchev–Trinajstić information content (AvgIpc) is 2.33. The smallest absolute Gasteiger partial charge is 0.241 e. The van der Waals surface area contributed by atoms with E-state index in [0.29, 0.717) is 15.9 Å². The van der Waals surface area contributed by atoms with E-state index in [2.05, 4.69) is 26.0 Å². The third-order valence-electron chi connectivity index (χ3n) is 3.29. The van der Waals surface area contributed by atoms with Gasteiger partial charge in [-0.05, 0) is 59.9 Å². The van der Waals surface area contributed by atoms with Crippen LogP contribution in [0, 0.1) is 12.8 Å². The maximum atomic E-state index is 12.5. The molecule has 0 heterocycles. The van der Waals surface area contributed by atoms with Crippen molar-refractivity contribution in [1.29, 1.82) is 0 Å². The minimum atomic E-state index is -3.52. The van der Waals surface area contributed by atoms with Gasteiger partial charge in [0.15, 0.2) is 0 Å². The molecule has 0 spiro atoms. The van der Waals surface area contributed by atoms with E-state index in [9.17, 15) is 8.42 Å². The standard InChI is InChI=1S/C14H23BrN2O2S/c1-9(2)11(4)17-20(18,19)13-7-12(8-16-5)6-10(3)14(13)15/h6-7,9,11,16-17H,8H2,1-5H3. The largest absolute Gasteiger partial charge is 0.316 e. The van der Waals surface area contributed by atoms with Gasteiger partial charge in [0.1, 0.15) is 0 Å². The number of rotatable bonds is 6. The lowest BCUT2D eigenvalue weighted by atomic mass is 10.1. The summed E-state index contributed by atoms with van der Waals surface area (Å²) in [4.78, 5) is 0.301. The Morgan fingerprint density at radius 3 is 2.35 bits per heavy atom. The van der Waals surface area contributed by atoms with Crippen LogP contribution < -0.4 is 10.0 Å². The molecule has 4 nitrogen and oxygen atoms in total. The molecule has 0 aliphatic rings. The van der Waals surface area contributed by atoms with Crippen LogP contribution in [0.5, 0.6) is 0 Å². The molecule has 0 saturated heterocycles. The van der Waals surface area contributed by atoms with Crippen LogP contribution in [0.1, 0.15) is 31.9 Å². The van der Waals surface area contributed by atoms with E-state index < -0.39 is 10.0 Å². The summed E-state index contributed by atoms with van der Waals surface area (Å²) >= 11 is 3.39. The van der Waals surface area contributed by atoms with Crippen molar-refractivity contribution in [2.75, 3.05) is 7.05 Å². The molecule has 114 valence electrons. The van der Waals surface area contributed by atoms with Crippen molar-refractivity contribution in [2.24, 2.45) is 5.92 Å². The zero-order chi connectivity index (χ0) is 15.5. The Morgan fingerprint density at radius 2 is 1.85 bits per heavy atom. The van der Waals surface area contributed by atoms with Crippen molar-refractivity contribution in [3.8, 4) is 0 Å². The summed E-state index contributed by atoms with van der Waals surface area (Å²) in [6.45, 7) is 8.39. The fourth-order valence-electron chi connectivity index (χ4n) is 1.76. The fraction of sp³-hybridized carbons (Fsp3) is 0.571. The van der Waals surface area contributed by atoms with Crippen molar-refractivity contribution >= 4 is 26.0 Å². The number of aryl methyl sites for hydroxylation is 1. The highest BCUT2D eigenvalue weighted by Gasteiger charge is 2.23. The monoisotopic (exact) mass is 362 g/mol. The van der Waals surface area contributed by atoms with Crippen LogP contribution in [0.2, 0.25) is 0 Å². The summed E-state index contributed by atoms with van der Waals surface area (Å²) in [7, 11) is -1.69. The molecule has 1 aromatic rings. The highest BCUT2D eigenvalue weighted by Crippen LogP contribution is 2.27. The first-order valence-corrected chi connectivity index (χ1v) is 8.92. The third-order valence-corrected chi connectivity index (χ3v) is 6.19. The summed E-state index contributed by atoms with van der Waals surface area (Å²) in [6.07, 6.45) is 0. The quantitative estimate of drug-likeness (QED) is 0.817. The number of hydrogen-bond acceptors (Lipinski definition) is 3. The highest BCUT2D eigenvalue weighted by atomic mass is 79.9. The Balaban J connectivity index is 3.23. The van der Waals surface area contributed by atoms with Crippen molar-refractivity contribution in [2.45, 2.75) is 45.2 Å². The second-order valence-electron chi connectivity index (χ2n) is 5.41. The molecule has 20 heavy (non-hydrogen) atoms. The normalized spacial score (nSPS) is 13.8. The Bertz CT molecular complexity index is 571. The van der Waals surface area contributed by atoms with Crippen LogP contribution in [0.25, 0.3) is 0 Å². The molecule has 1 rings (SSSR count). The zero-order valence-electron chi connectivity index (χ0n) is 12.6. The van der Waals surface area contributed by atoms with Crippen LogP contribution in [0.15, 0.2) is 21.5 Å². The Kier molecular flexibility index (Phi) is 6.19. The second kappa shape index (κ2) is 7.02. The molecule has 0 bridgehead atoms. The van der Waals surface area contributed by atoms with E-state index in [0.717, 1.165) is 11.1 Å². The molecule has 2 N–H and O–H groups in total. The van der Waals surface area contributed by atoms with E-state index in [4.69, 9.17) is 0 Å². The molecule has 0 aliphatic carbocycles. The SMILES string of the molecule is CNCc1cc(C)c(Br)c(S(=O)(=O)NC(C)C(C)C)c1. The van der Waals surface area contributed by atoms with Crippen LogP contribution in [0.3, 0.4) is 0 Å². The minimum Gasteiger partial charge on any atom is -0.316 e. The van der Waals surface area contributed by atoms with Gasteiger partial charge in [-0.15, -0.1) is 0 Å². The number of benzene rings is 1. The van der Waals surface area contributed by atoms with Crippen molar-refractivity contribution in [3.05, 3.63) is 27.7 Å². The molecule has 0 saturated carbocycles. The van der Waals surface area contributed by atoms with E-state index in [1.807, 2.05) is 40.8 Å². The van der Waals surface area contributed by atoms with Gasteiger partial charge in [0, 0.05) is 17.1 Å². The number of halogens is 1. The van der Waals surface area contributed by atoms with Gasteiger partial charge in [-0.2, -0.15) is 0 Å². The number of nitrogens with one attached hydrogen (secondary N) is 2.